The maximum absolute atomic E-state index is 12.8. The van der Waals surface area contributed by atoms with Crippen molar-refractivity contribution in [3.05, 3.63) is 28.7 Å². The SMILES string of the molecule is C[NH+]1CCC([NH+](C)[C@@H]2CC(=O)N(c3ccc(Br)cc3)C2=O)CC1. The average Bonchev–Trinajstić information content (AvgIpc) is 2.83. The van der Waals surface area contributed by atoms with Gasteiger partial charge in [-0.25, -0.2) is 4.90 Å². The number of imide groups is 1. The first kappa shape index (κ1) is 16.6. The van der Waals surface area contributed by atoms with Gasteiger partial charge in [0, 0.05) is 17.3 Å². The van der Waals surface area contributed by atoms with Gasteiger partial charge in [-0.15, -0.1) is 0 Å². The maximum atomic E-state index is 12.8. The largest absolute Gasteiger partial charge is 0.337 e. The summed E-state index contributed by atoms with van der Waals surface area (Å²) >= 11 is 3.38. The predicted octanol–water partition coefficient (Wildman–Crippen LogP) is -0.727. The van der Waals surface area contributed by atoms with Crippen molar-refractivity contribution in [1.29, 1.82) is 0 Å². The van der Waals surface area contributed by atoms with E-state index in [1.165, 1.54) is 9.80 Å². The molecule has 23 heavy (non-hydrogen) atoms. The second kappa shape index (κ2) is 6.71. The highest BCUT2D eigenvalue weighted by molar-refractivity contribution is 9.10. The number of hydrogen-bond donors (Lipinski definition) is 2. The third-order valence-electron chi connectivity index (χ3n) is 5.26. The minimum absolute atomic E-state index is 0.0545. The number of likely N-dealkylation sites (tertiary alicyclic amines) is 1. The van der Waals surface area contributed by atoms with Gasteiger partial charge in [0.15, 0.2) is 6.04 Å². The Morgan fingerprint density at radius 2 is 1.78 bits per heavy atom. The Balaban J connectivity index is 1.74. The molecule has 2 N–H and O–H groups in total. The molecule has 1 aromatic rings. The van der Waals surface area contributed by atoms with Crippen LogP contribution in [0.1, 0.15) is 19.3 Å². The lowest BCUT2D eigenvalue weighted by atomic mass is 10.0. The summed E-state index contributed by atoms with van der Waals surface area (Å²) in [5.41, 5.74) is 0.673. The molecular weight excluding hydrogens is 358 g/mol. The molecule has 0 radical (unpaired) electrons. The molecule has 2 atom stereocenters. The fourth-order valence-electron chi connectivity index (χ4n) is 3.70. The molecule has 0 aliphatic carbocycles. The summed E-state index contributed by atoms with van der Waals surface area (Å²) in [6.45, 7) is 2.29. The highest BCUT2D eigenvalue weighted by Gasteiger charge is 2.46. The van der Waals surface area contributed by atoms with Gasteiger partial charge >= 0.3 is 0 Å². The van der Waals surface area contributed by atoms with Crippen molar-refractivity contribution in [1.82, 2.24) is 0 Å². The molecule has 6 heteroatoms. The third-order valence-corrected chi connectivity index (χ3v) is 5.79. The van der Waals surface area contributed by atoms with Crippen LogP contribution in [0, 0.1) is 0 Å². The van der Waals surface area contributed by atoms with E-state index >= 15 is 0 Å². The van der Waals surface area contributed by atoms with Crippen LogP contribution in [-0.2, 0) is 9.59 Å². The van der Waals surface area contributed by atoms with Crippen LogP contribution in [0.4, 0.5) is 5.69 Å². The molecule has 124 valence electrons. The first-order valence-corrected chi connectivity index (χ1v) is 9.03. The van der Waals surface area contributed by atoms with Crippen LogP contribution in [0.15, 0.2) is 28.7 Å². The lowest BCUT2D eigenvalue weighted by Crippen LogP contribution is -3.21. The zero-order valence-corrected chi connectivity index (χ0v) is 15.2. The number of carbonyl (C=O) groups is 2. The van der Waals surface area contributed by atoms with E-state index in [0.29, 0.717) is 18.2 Å². The van der Waals surface area contributed by atoms with Crippen LogP contribution >= 0.6 is 15.9 Å². The topological polar surface area (TPSA) is 46.3 Å². The normalized spacial score (nSPS) is 29.9. The first-order valence-electron chi connectivity index (χ1n) is 8.24. The van der Waals surface area contributed by atoms with Gasteiger partial charge in [-0.05, 0) is 24.3 Å². The number of carbonyl (C=O) groups excluding carboxylic acids is 2. The second-order valence-electron chi connectivity index (χ2n) is 6.78. The van der Waals surface area contributed by atoms with Crippen LogP contribution in [0.2, 0.25) is 0 Å². The van der Waals surface area contributed by atoms with Crippen molar-refractivity contribution in [3.8, 4) is 0 Å². The minimum Gasteiger partial charge on any atom is -0.337 e. The molecule has 2 aliphatic rings. The van der Waals surface area contributed by atoms with E-state index in [1.807, 2.05) is 24.3 Å². The van der Waals surface area contributed by atoms with Crippen molar-refractivity contribution in [2.24, 2.45) is 0 Å². The Kier molecular flexibility index (Phi) is 4.85. The molecule has 2 aliphatic heterocycles. The fourth-order valence-corrected chi connectivity index (χ4v) is 3.96. The van der Waals surface area contributed by atoms with Crippen LogP contribution in [0.25, 0.3) is 0 Å². The molecule has 0 bridgehead atoms. The Hall–Kier alpha value is -1.24. The summed E-state index contributed by atoms with van der Waals surface area (Å²) in [5.74, 6) is -0.138. The molecule has 2 fully saturated rings. The summed E-state index contributed by atoms with van der Waals surface area (Å²) in [7, 11) is 4.29. The van der Waals surface area contributed by atoms with Crippen molar-refractivity contribution < 1.29 is 19.4 Å². The number of benzene rings is 1. The van der Waals surface area contributed by atoms with Crippen LogP contribution < -0.4 is 14.7 Å². The smallest absolute Gasteiger partial charge is 0.292 e. The van der Waals surface area contributed by atoms with Gasteiger partial charge in [0.2, 0.25) is 5.91 Å². The van der Waals surface area contributed by atoms with Crippen LogP contribution in [-0.4, -0.2) is 51.1 Å². The number of nitrogens with one attached hydrogen (secondary N) is 2. The summed E-state index contributed by atoms with van der Waals surface area (Å²) in [4.78, 5) is 29.3. The summed E-state index contributed by atoms with van der Waals surface area (Å²) in [6.07, 6.45) is 2.56. The number of amides is 2. The second-order valence-corrected chi connectivity index (χ2v) is 7.69. The zero-order chi connectivity index (χ0) is 16.6. The van der Waals surface area contributed by atoms with Crippen molar-refractivity contribution >= 4 is 33.4 Å². The molecule has 0 spiro atoms. The zero-order valence-electron chi connectivity index (χ0n) is 13.6. The van der Waals surface area contributed by atoms with E-state index < -0.39 is 0 Å². The fraction of sp³-hybridized carbons (Fsp3) is 0.529. The molecule has 0 saturated carbocycles. The quantitative estimate of drug-likeness (QED) is 0.678. The van der Waals surface area contributed by atoms with Gasteiger partial charge < -0.3 is 9.80 Å². The standard InChI is InChI=1S/C17H22BrN3O2/c1-19-9-7-13(8-10-19)20(2)15-11-16(22)21(17(15)23)14-5-3-12(18)4-6-14/h3-6,13,15H,7-11H2,1-2H3/p+2/t15-/m1/s1. The molecular formula is C17H24BrN3O2+2. The Morgan fingerprint density at radius 3 is 2.39 bits per heavy atom. The van der Waals surface area contributed by atoms with Gasteiger partial charge in [0.1, 0.15) is 0 Å². The van der Waals surface area contributed by atoms with Gasteiger partial charge in [0.25, 0.3) is 5.91 Å². The number of halogens is 1. The highest BCUT2D eigenvalue weighted by Crippen LogP contribution is 2.24. The number of piperidine rings is 1. The van der Waals surface area contributed by atoms with Gasteiger partial charge in [-0.2, -0.15) is 0 Å². The number of likely N-dealkylation sites (N-methyl/N-ethyl adjacent to an activating group) is 1. The maximum Gasteiger partial charge on any atom is 0.292 e. The lowest BCUT2D eigenvalue weighted by molar-refractivity contribution is -0.948. The van der Waals surface area contributed by atoms with Crippen LogP contribution in [0.5, 0.6) is 0 Å². The number of rotatable bonds is 3. The van der Waals surface area contributed by atoms with Gasteiger partial charge in [-0.1, -0.05) is 15.9 Å². The van der Waals surface area contributed by atoms with Gasteiger partial charge in [-0.3, -0.25) is 9.59 Å². The minimum atomic E-state index is -0.241. The number of nitrogens with zero attached hydrogens (tertiary/aromatic N) is 1. The predicted molar refractivity (Wildman–Crippen MR) is 91.6 cm³/mol. The molecule has 3 rings (SSSR count). The molecule has 2 heterocycles. The number of anilines is 1. The highest BCUT2D eigenvalue weighted by atomic mass is 79.9. The van der Waals surface area contributed by atoms with E-state index in [2.05, 4.69) is 30.0 Å². The van der Waals surface area contributed by atoms with Crippen molar-refractivity contribution in [2.45, 2.75) is 31.3 Å². The molecule has 1 aromatic carbocycles. The van der Waals surface area contributed by atoms with E-state index in [9.17, 15) is 9.59 Å². The lowest BCUT2D eigenvalue weighted by Gasteiger charge is -2.33. The first-order chi connectivity index (χ1) is 11.0. The molecule has 5 nitrogen and oxygen atoms in total. The van der Waals surface area contributed by atoms with E-state index in [1.54, 1.807) is 4.90 Å². The third kappa shape index (κ3) is 3.34. The van der Waals surface area contributed by atoms with E-state index in [0.717, 1.165) is 30.4 Å². The van der Waals surface area contributed by atoms with E-state index in [4.69, 9.17) is 0 Å². The molecule has 2 saturated heterocycles. The summed E-state index contributed by atoms with van der Waals surface area (Å²) in [6, 6.07) is 7.59. The Labute approximate surface area is 145 Å². The number of quaternary nitrogens is 2. The Morgan fingerprint density at radius 1 is 1.17 bits per heavy atom. The molecule has 0 aromatic heterocycles. The summed E-state index contributed by atoms with van der Waals surface area (Å²) in [5, 5.41) is 0. The molecule has 2 amide bonds. The van der Waals surface area contributed by atoms with Gasteiger partial charge in [0.05, 0.1) is 45.3 Å². The number of hydrogen-bond acceptors (Lipinski definition) is 2. The monoisotopic (exact) mass is 381 g/mol. The van der Waals surface area contributed by atoms with Crippen molar-refractivity contribution in [2.75, 3.05) is 32.1 Å². The van der Waals surface area contributed by atoms with Crippen LogP contribution in [0.3, 0.4) is 0 Å². The molecule has 1 unspecified atom stereocenters. The van der Waals surface area contributed by atoms with Crippen molar-refractivity contribution in [3.63, 3.8) is 0 Å². The van der Waals surface area contributed by atoms with E-state index in [-0.39, 0.29) is 17.9 Å². The average molecular weight is 382 g/mol. The summed E-state index contributed by atoms with van der Waals surface area (Å²) < 4.78 is 0.938. The Bertz CT molecular complexity index is 596.